The minimum absolute atomic E-state index is 0.249. The van der Waals surface area contributed by atoms with Crippen LogP contribution in [0.5, 0.6) is 5.75 Å². The average Bonchev–Trinajstić information content (AvgIpc) is 3.18. The zero-order chi connectivity index (χ0) is 27.5. The van der Waals surface area contributed by atoms with Gasteiger partial charge in [-0.15, -0.1) is 0 Å². The summed E-state index contributed by atoms with van der Waals surface area (Å²) < 4.78 is 6.43. The Morgan fingerprint density at radius 2 is 1.87 bits per heavy atom. The maximum Gasteiger partial charge on any atom is 0.142 e. The predicted octanol–water partition coefficient (Wildman–Crippen LogP) is 8.13. The molecule has 4 aliphatic rings. The van der Waals surface area contributed by atoms with Crippen molar-refractivity contribution in [2.45, 2.75) is 105 Å². The molecule has 0 aromatic heterocycles. The molecule has 0 heterocycles. The van der Waals surface area contributed by atoms with Gasteiger partial charge in [0.15, 0.2) is 0 Å². The number of benzene rings is 1. The molecule has 0 aliphatic heterocycles. The number of allylic oxidation sites excluding steroid dienone is 4. The molecule has 0 amide bonds. The highest BCUT2D eigenvalue weighted by Crippen LogP contribution is 2.65. The summed E-state index contributed by atoms with van der Waals surface area (Å²) >= 11 is 0. The van der Waals surface area contributed by atoms with Gasteiger partial charge in [0.1, 0.15) is 5.75 Å². The monoisotopic (exact) mass is 521 g/mol. The molecule has 5 rings (SSSR count). The average molecular weight is 522 g/mol. The summed E-state index contributed by atoms with van der Waals surface area (Å²) in [4.78, 5) is 0. The first kappa shape index (κ1) is 29.1. The molecule has 1 aromatic rings. The molecule has 4 heteroatoms. The number of rotatable bonds is 6. The molecule has 8 atom stereocenters. The summed E-state index contributed by atoms with van der Waals surface area (Å²) in [5.41, 5.74) is 20.7. The van der Waals surface area contributed by atoms with Crippen LogP contribution >= 0.6 is 0 Å². The normalized spacial score (nSPS) is 36.1. The van der Waals surface area contributed by atoms with E-state index < -0.39 is 0 Å². The van der Waals surface area contributed by atoms with Crippen LogP contribution in [-0.4, -0.2) is 12.6 Å². The lowest BCUT2D eigenvalue weighted by molar-refractivity contribution is 0.0164. The van der Waals surface area contributed by atoms with Crippen molar-refractivity contribution < 1.29 is 4.74 Å². The maximum atomic E-state index is 6.43. The van der Waals surface area contributed by atoms with Gasteiger partial charge in [0, 0.05) is 5.69 Å². The summed E-state index contributed by atoms with van der Waals surface area (Å²) in [6.07, 6.45) is 21.2. The van der Waals surface area contributed by atoms with Gasteiger partial charge in [-0.3, -0.25) is 0 Å². The van der Waals surface area contributed by atoms with E-state index in [-0.39, 0.29) is 6.10 Å². The Morgan fingerprint density at radius 3 is 2.58 bits per heavy atom. The van der Waals surface area contributed by atoms with E-state index in [1.807, 2.05) is 25.1 Å². The zero-order valence-electron chi connectivity index (χ0n) is 24.8. The number of nitrogens with two attached hydrogens (primary N) is 3. The summed E-state index contributed by atoms with van der Waals surface area (Å²) in [7, 11) is 0. The number of fused-ring (bicyclic) bond motifs is 3. The first-order valence-corrected chi connectivity index (χ1v) is 15.4. The largest absolute Gasteiger partial charge is 0.488 e. The van der Waals surface area contributed by atoms with E-state index in [9.17, 15) is 0 Å². The second-order valence-electron chi connectivity index (χ2n) is 13.6. The van der Waals surface area contributed by atoms with Crippen LogP contribution in [0.25, 0.3) is 0 Å². The third kappa shape index (κ3) is 5.96. The van der Waals surface area contributed by atoms with Crippen LogP contribution < -0.4 is 21.9 Å². The standard InChI is InChI=1S/C32H48N2O.C2H7N/c1-21(2)6-5-7-22(3)27-11-12-28-23-8-9-24-18-26(35-30-13-10-25(33)19-29(30)34)14-15-32(24,20-23)17-16-31(27,28)4;1-2-3/h6,8-10,13,19,22-24,26-28H,5,7,11-12,14-18,20,33-34H2,1-4H3;2-3H2,1H3. The van der Waals surface area contributed by atoms with Crippen molar-refractivity contribution in [3.63, 3.8) is 0 Å². The van der Waals surface area contributed by atoms with Gasteiger partial charge in [0.05, 0.1) is 11.8 Å². The van der Waals surface area contributed by atoms with Crippen molar-refractivity contribution in [3.8, 4) is 5.75 Å². The fourth-order valence-corrected chi connectivity index (χ4v) is 8.94. The topological polar surface area (TPSA) is 87.3 Å². The highest BCUT2D eigenvalue weighted by molar-refractivity contribution is 5.60. The molecule has 1 spiro atoms. The van der Waals surface area contributed by atoms with Crippen LogP contribution in [0.15, 0.2) is 42.0 Å². The highest BCUT2D eigenvalue weighted by Gasteiger charge is 2.57. The molecule has 3 saturated carbocycles. The number of ether oxygens (including phenoxy) is 1. The van der Waals surface area contributed by atoms with Crippen LogP contribution in [0.3, 0.4) is 0 Å². The van der Waals surface area contributed by atoms with Crippen molar-refractivity contribution in [2.75, 3.05) is 18.0 Å². The van der Waals surface area contributed by atoms with E-state index in [1.54, 1.807) is 0 Å². The van der Waals surface area contributed by atoms with Crippen LogP contribution in [0, 0.1) is 40.4 Å². The lowest BCUT2D eigenvalue weighted by Crippen LogP contribution is -2.42. The van der Waals surface area contributed by atoms with Crippen molar-refractivity contribution in [3.05, 3.63) is 42.0 Å². The molecule has 0 radical (unpaired) electrons. The first-order valence-electron chi connectivity index (χ1n) is 15.4. The summed E-state index contributed by atoms with van der Waals surface area (Å²) in [5.74, 6) is 4.80. The lowest BCUT2D eigenvalue weighted by atomic mass is 9.57. The van der Waals surface area contributed by atoms with E-state index in [0.29, 0.717) is 28.1 Å². The fraction of sp³-hybridized carbons (Fsp3) is 0.706. The van der Waals surface area contributed by atoms with Crippen molar-refractivity contribution in [2.24, 2.45) is 46.2 Å². The molecule has 4 aliphatic carbocycles. The number of hydrogen-bond acceptors (Lipinski definition) is 4. The Kier molecular flexibility index (Phi) is 9.22. The van der Waals surface area contributed by atoms with Crippen molar-refractivity contribution in [1.82, 2.24) is 0 Å². The Bertz CT molecular complexity index is 997. The van der Waals surface area contributed by atoms with Crippen LogP contribution in [0.4, 0.5) is 11.4 Å². The van der Waals surface area contributed by atoms with Crippen LogP contribution in [-0.2, 0) is 0 Å². The zero-order valence-corrected chi connectivity index (χ0v) is 24.8. The van der Waals surface area contributed by atoms with E-state index in [2.05, 4.69) is 45.9 Å². The Morgan fingerprint density at radius 1 is 1.11 bits per heavy atom. The molecule has 8 unspecified atom stereocenters. The molecule has 0 saturated heterocycles. The van der Waals surface area contributed by atoms with Gasteiger partial charge in [-0.1, -0.05) is 44.6 Å². The van der Waals surface area contributed by atoms with Gasteiger partial charge in [-0.05, 0) is 143 Å². The van der Waals surface area contributed by atoms with E-state index in [0.717, 1.165) is 48.8 Å². The quantitative estimate of drug-likeness (QED) is 0.260. The molecule has 2 bridgehead atoms. The predicted molar refractivity (Wildman–Crippen MR) is 163 cm³/mol. The Hall–Kier alpha value is -1.94. The molecular weight excluding hydrogens is 466 g/mol. The molecular formula is C34H55N3O. The summed E-state index contributed by atoms with van der Waals surface area (Å²) in [5, 5.41) is 0. The molecule has 1 aromatic carbocycles. The van der Waals surface area contributed by atoms with E-state index in [4.69, 9.17) is 21.9 Å². The molecule has 212 valence electrons. The molecule has 3 fully saturated rings. The molecule has 6 N–H and O–H groups in total. The van der Waals surface area contributed by atoms with Gasteiger partial charge < -0.3 is 21.9 Å². The number of anilines is 2. The maximum absolute atomic E-state index is 6.43. The SMILES string of the molecule is CC(C)=CCCC(C)C1CCC2C3C=CC4CC(Oc5ccc(N)cc5N)CCC4(CCC12C)C3.CCN. The molecule has 38 heavy (non-hydrogen) atoms. The van der Waals surface area contributed by atoms with Gasteiger partial charge in [-0.25, -0.2) is 0 Å². The van der Waals surface area contributed by atoms with Crippen LogP contribution in [0.2, 0.25) is 0 Å². The number of nitrogen functional groups attached to an aromatic ring is 2. The highest BCUT2D eigenvalue weighted by atomic mass is 16.5. The van der Waals surface area contributed by atoms with E-state index >= 15 is 0 Å². The third-order valence-electron chi connectivity index (χ3n) is 10.9. The van der Waals surface area contributed by atoms with Gasteiger partial charge in [0.25, 0.3) is 0 Å². The Labute approximate surface area is 232 Å². The van der Waals surface area contributed by atoms with Crippen molar-refractivity contribution >= 4 is 11.4 Å². The minimum Gasteiger partial charge on any atom is -0.488 e. The van der Waals surface area contributed by atoms with Crippen LogP contribution in [0.1, 0.15) is 98.8 Å². The van der Waals surface area contributed by atoms with Gasteiger partial charge in [0.2, 0.25) is 0 Å². The van der Waals surface area contributed by atoms with Gasteiger partial charge >= 0.3 is 0 Å². The summed E-state index contributed by atoms with van der Waals surface area (Å²) in [6, 6.07) is 5.64. The smallest absolute Gasteiger partial charge is 0.142 e. The number of hydrogen-bond donors (Lipinski definition) is 3. The fourth-order valence-electron chi connectivity index (χ4n) is 8.94. The first-order chi connectivity index (χ1) is 18.1. The van der Waals surface area contributed by atoms with Crippen molar-refractivity contribution in [1.29, 1.82) is 0 Å². The van der Waals surface area contributed by atoms with E-state index in [1.165, 1.54) is 56.9 Å². The Balaban J connectivity index is 0.00000107. The third-order valence-corrected chi connectivity index (χ3v) is 10.9. The lowest BCUT2D eigenvalue weighted by Gasteiger charge is -2.49. The summed E-state index contributed by atoms with van der Waals surface area (Å²) in [6.45, 7) is 12.4. The minimum atomic E-state index is 0.249. The van der Waals surface area contributed by atoms with Gasteiger partial charge in [-0.2, -0.15) is 0 Å². The second-order valence-corrected chi connectivity index (χ2v) is 13.6. The molecule has 4 nitrogen and oxygen atoms in total. The second kappa shape index (κ2) is 12.1.